The molecule has 0 aliphatic heterocycles. The Labute approximate surface area is 182 Å². The van der Waals surface area contributed by atoms with E-state index in [1.165, 1.54) is 20.3 Å². The summed E-state index contributed by atoms with van der Waals surface area (Å²) in [4.78, 5) is 12.6. The first-order valence-corrected chi connectivity index (χ1v) is 11.5. The van der Waals surface area contributed by atoms with Gasteiger partial charge in [-0.1, -0.05) is 12.1 Å². The maximum Gasteiger partial charge on any atom is 0.265 e. The highest BCUT2D eigenvalue weighted by molar-refractivity contribution is 7.92. The number of methoxy groups -OCH3 is 3. The molecule has 0 heterocycles. The van der Waals surface area contributed by atoms with Gasteiger partial charge >= 0.3 is 0 Å². The smallest absolute Gasteiger partial charge is 0.265 e. The van der Waals surface area contributed by atoms with Crippen molar-refractivity contribution in [2.24, 2.45) is 0 Å². The van der Waals surface area contributed by atoms with Crippen molar-refractivity contribution in [1.82, 2.24) is 5.32 Å². The van der Waals surface area contributed by atoms with Crippen molar-refractivity contribution < 1.29 is 27.4 Å². The average molecular weight is 449 g/mol. The van der Waals surface area contributed by atoms with E-state index in [0.29, 0.717) is 24.6 Å². The molecule has 0 atom stereocenters. The summed E-state index contributed by atoms with van der Waals surface area (Å²) in [6, 6.07) is 11.5. The second kappa shape index (κ2) is 9.57. The molecule has 1 amide bonds. The summed E-state index contributed by atoms with van der Waals surface area (Å²) in [5, 5.41) is 2.96. The minimum atomic E-state index is -3.90. The number of hydrogen-bond donors (Lipinski definition) is 2. The molecule has 0 bridgehead atoms. The molecule has 0 aromatic heterocycles. The van der Waals surface area contributed by atoms with Gasteiger partial charge in [-0.25, -0.2) is 8.42 Å². The van der Waals surface area contributed by atoms with Gasteiger partial charge in [0.2, 0.25) is 5.91 Å². The molecule has 2 N–H and O–H groups in total. The predicted octanol–water partition coefficient (Wildman–Crippen LogP) is 2.69. The van der Waals surface area contributed by atoms with E-state index in [0.717, 1.165) is 24.8 Å². The lowest BCUT2D eigenvalue weighted by Gasteiger charge is -2.17. The molecule has 2 aromatic carbocycles. The zero-order valence-electron chi connectivity index (χ0n) is 17.9. The summed E-state index contributed by atoms with van der Waals surface area (Å²) in [7, 11) is 0.600. The van der Waals surface area contributed by atoms with Crippen molar-refractivity contribution in [3.8, 4) is 11.5 Å². The molecule has 3 rings (SSSR count). The van der Waals surface area contributed by atoms with E-state index in [1.54, 1.807) is 43.5 Å². The van der Waals surface area contributed by atoms with Crippen LogP contribution in [0.1, 0.15) is 24.8 Å². The first-order valence-electron chi connectivity index (χ1n) is 9.99. The monoisotopic (exact) mass is 448 g/mol. The lowest BCUT2D eigenvalue weighted by atomic mass is 9.95. The van der Waals surface area contributed by atoms with E-state index in [9.17, 15) is 13.2 Å². The summed E-state index contributed by atoms with van der Waals surface area (Å²) in [6.07, 6.45) is 2.30. The van der Waals surface area contributed by atoms with E-state index >= 15 is 0 Å². The molecule has 9 heteroatoms. The molecule has 0 unspecified atom stereocenters. The highest BCUT2D eigenvalue weighted by Gasteiger charge is 2.51. The van der Waals surface area contributed by atoms with E-state index in [-0.39, 0.29) is 16.6 Å². The molecule has 0 radical (unpaired) electrons. The maximum atomic E-state index is 12.9. The van der Waals surface area contributed by atoms with Crippen LogP contribution in [0.15, 0.2) is 47.4 Å². The Morgan fingerprint density at radius 3 is 2.32 bits per heavy atom. The van der Waals surface area contributed by atoms with Gasteiger partial charge in [-0.05, 0) is 49.1 Å². The number of hydrogen-bond acceptors (Lipinski definition) is 6. The number of amides is 1. The van der Waals surface area contributed by atoms with E-state index in [1.807, 2.05) is 0 Å². The SMILES string of the molecule is COCCCNC(=O)C1(c2ccc(NS(=O)(=O)c3cc(OC)ccc3OC)cc2)CC1. The molecule has 1 fully saturated rings. The van der Waals surface area contributed by atoms with Crippen LogP contribution in [-0.2, 0) is 25.0 Å². The molecule has 0 spiro atoms. The number of rotatable bonds is 11. The van der Waals surface area contributed by atoms with Gasteiger partial charge in [-0.3, -0.25) is 9.52 Å². The fourth-order valence-electron chi connectivity index (χ4n) is 3.42. The molecule has 1 aliphatic carbocycles. The number of sulfonamides is 1. The van der Waals surface area contributed by atoms with Crippen molar-refractivity contribution in [2.45, 2.75) is 29.6 Å². The highest BCUT2D eigenvalue weighted by atomic mass is 32.2. The molecular weight excluding hydrogens is 420 g/mol. The second-order valence-electron chi connectivity index (χ2n) is 7.38. The van der Waals surface area contributed by atoms with Crippen LogP contribution in [0.25, 0.3) is 0 Å². The van der Waals surface area contributed by atoms with Crippen molar-refractivity contribution in [2.75, 3.05) is 39.2 Å². The Kier molecular flexibility index (Phi) is 7.07. The van der Waals surface area contributed by atoms with Gasteiger partial charge in [0, 0.05) is 32.0 Å². The first-order chi connectivity index (χ1) is 14.9. The number of carbonyl (C=O) groups excluding carboxylic acids is 1. The maximum absolute atomic E-state index is 12.9. The summed E-state index contributed by atoms with van der Waals surface area (Å²) in [5.74, 6) is 0.619. The number of benzene rings is 2. The van der Waals surface area contributed by atoms with Crippen LogP contribution in [0.4, 0.5) is 5.69 Å². The van der Waals surface area contributed by atoms with Gasteiger partial charge in [-0.15, -0.1) is 0 Å². The molecular formula is C22H28N2O6S. The molecule has 1 saturated carbocycles. The lowest BCUT2D eigenvalue weighted by molar-refractivity contribution is -0.123. The van der Waals surface area contributed by atoms with Crippen LogP contribution in [0.5, 0.6) is 11.5 Å². The van der Waals surface area contributed by atoms with Crippen molar-refractivity contribution in [3.05, 3.63) is 48.0 Å². The minimum absolute atomic E-state index is 0.00180. The Balaban J connectivity index is 1.73. The quantitative estimate of drug-likeness (QED) is 0.513. The minimum Gasteiger partial charge on any atom is -0.497 e. The number of nitrogens with one attached hydrogen (secondary N) is 2. The third-order valence-electron chi connectivity index (χ3n) is 5.35. The molecule has 2 aromatic rings. The average Bonchev–Trinajstić information content (AvgIpc) is 3.58. The molecule has 0 saturated heterocycles. The standard InChI is InChI=1S/C22H28N2O6S/c1-28-14-4-13-23-21(25)22(11-12-22)16-5-7-17(8-6-16)24-31(26,27)20-15-18(29-2)9-10-19(20)30-3/h5-10,15,24H,4,11-14H2,1-3H3,(H,23,25). The van der Waals surface area contributed by atoms with E-state index < -0.39 is 15.4 Å². The Morgan fingerprint density at radius 1 is 1.03 bits per heavy atom. The van der Waals surface area contributed by atoms with Crippen molar-refractivity contribution >= 4 is 21.6 Å². The predicted molar refractivity (Wildman–Crippen MR) is 117 cm³/mol. The summed E-state index contributed by atoms with van der Waals surface area (Å²) < 4.78 is 43.7. The van der Waals surface area contributed by atoms with Gasteiger partial charge in [0.1, 0.15) is 16.4 Å². The largest absolute Gasteiger partial charge is 0.497 e. The lowest BCUT2D eigenvalue weighted by Crippen LogP contribution is -2.35. The van der Waals surface area contributed by atoms with Crippen LogP contribution in [0, 0.1) is 0 Å². The van der Waals surface area contributed by atoms with Crippen LogP contribution in [0.3, 0.4) is 0 Å². The van der Waals surface area contributed by atoms with Gasteiger partial charge in [0.05, 0.1) is 19.6 Å². The van der Waals surface area contributed by atoms with Gasteiger partial charge in [-0.2, -0.15) is 0 Å². The van der Waals surface area contributed by atoms with Crippen molar-refractivity contribution in [1.29, 1.82) is 0 Å². The zero-order chi connectivity index (χ0) is 22.5. The first kappa shape index (κ1) is 22.9. The second-order valence-corrected chi connectivity index (χ2v) is 9.03. The Hall–Kier alpha value is -2.78. The van der Waals surface area contributed by atoms with Crippen LogP contribution in [-0.4, -0.2) is 48.8 Å². The summed E-state index contributed by atoms with van der Waals surface area (Å²) >= 11 is 0. The van der Waals surface area contributed by atoms with E-state index in [2.05, 4.69) is 10.0 Å². The summed E-state index contributed by atoms with van der Waals surface area (Å²) in [6.45, 7) is 1.16. The molecule has 168 valence electrons. The van der Waals surface area contributed by atoms with Crippen LogP contribution >= 0.6 is 0 Å². The van der Waals surface area contributed by atoms with E-state index in [4.69, 9.17) is 14.2 Å². The number of ether oxygens (including phenoxy) is 3. The Morgan fingerprint density at radius 2 is 1.74 bits per heavy atom. The normalized spacial score (nSPS) is 14.5. The number of anilines is 1. The Bertz CT molecular complexity index is 1020. The van der Waals surface area contributed by atoms with Gasteiger partial charge < -0.3 is 19.5 Å². The fourth-order valence-corrected chi connectivity index (χ4v) is 4.66. The summed E-state index contributed by atoms with van der Waals surface area (Å²) in [5.41, 5.74) is 0.740. The fraction of sp³-hybridized carbons (Fsp3) is 0.409. The third kappa shape index (κ3) is 5.11. The number of carbonyl (C=O) groups is 1. The van der Waals surface area contributed by atoms with Gasteiger partial charge in [0.25, 0.3) is 10.0 Å². The molecule has 31 heavy (non-hydrogen) atoms. The zero-order valence-corrected chi connectivity index (χ0v) is 18.8. The highest BCUT2D eigenvalue weighted by Crippen LogP contribution is 2.48. The third-order valence-corrected chi connectivity index (χ3v) is 6.75. The molecule has 8 nitrogen and oxygen atoms in total. The van der Waals surface area contributed by atoms with Gasteiger partial charge in [0.15, 0.2) is 0 Å². The van der Waals surface area contributed by atoms with Crippen molar-refractivity contribution in [3.63, 3.8) is 0 Å². The molecule has 1 aliphatic rings. The van der Waals surface area contributed by atoms with Crippen LogP contribution < -0.4 is 19.5 Å². The van der Waals surface area contributed by atoms with Crippen LogP contribution in [0.2, 0.25) is 0 Å². The topological polar surface area (TPSA) is 103 Å².